The van der Waals surface area contributed by atoms with Crippen molar-refractivity contribution >= 4 is 11.8 Å². The summed E-state index contributed by atoms with van der Waals surface area (Å²) in [5, 5.41) is 3.20. The molecule has 0 aliphatic carbocycles. The molecule has 1 saturated heterocycles. The van der Waals surface area contributed by atoms with E-state index in [2.05, 4.69) is 16.4 Å². The van der Waals surface area contributed by atoms with Crippen LogP contribution in [0.25, 0.3) is 0 Å². The van der Waals surface area contributed by atoms with Crippen LogP contribution in [0, 0.1) is 5.41 Å². The molecule has 1 N–H and O–H groups in total. The fourth-order valence-corrected chi connectivity index (χ4v) is 5.29. The number of likely N-dealkylation sites (tertiary alicyclic amines) is 1. The monoisotopic (exact) mass is 490 g/mol. The van der Waals surface area contributed by atoms with Gasteiger partial charge < -0.3 is 23.9 Å². The van der Waals surface area contributed by atoms with Crippen molar-refractivity contribution in [2.45, 2.75) is 58.0 Å². The lowest BCUT2D eigenvalue weighted by molar-refractivity contribution is -0.135. The molecule has 1 fully saturated rings. The second-order valence-corrected chi connectivity index (χ2v) is 10.1. The number of imidazole rings is 1. The van der Waals surface area contributed by atoms with Gasteiger partial charge in [-0.1, -0.05) is 24.6 Å². The van der Waals surface area contributed by atoms with Crippen molar-refractivity contribution in [2.24, 2.45) is 5.41 Å². The normalized spacial score (nSPS) is 20.5. The molecule has 2 amide bonds. The zero-order valence-corrected chi connectivity index (χ0v) is 20.8. The van der Waals surface area contributed by atoms with E-state index in [-0.39, 0.29) is 17.9 Å². The molecule has 1 aromatic carbocycles. The molecule has 8 heteroatoms. The highest BCUT2D eigenvalue weighted by Crippen LogP contribution is 2.38. The molecule has 8 nitrogen and oxygen atoms in total. The van der Waals surface area contributed by atoms with E-state index < -0.39 is 5.41 Å². The highest BCUT2D eigenvalue weighted by atomic mass is 16.5. The summed E-state index contributed by atoms with van der Waals surface area (Å²) in [6.45, 7) is 4.03. The second-order valence-electron chi connectivity index (χ2n) is 10.1. The quantitative estimate of drug-likeness (QED) is 0.598. The Morgan fingerprint density at radius 1 is 1.14 bits per heavy atom. The molecule has 3 aromatic rings. The van der Waals surface area contributed by atoms with Crippen LogP contribution in [0.5, 0.6) is 5.75 Å². The van der Waals surface area contributed by atoms with E-state index in [0.29, 0.717) is 50.6 Å². The lowest BCUT2D eigenvalue weighted by Gasteiger charge is -2.41. The van der Waals surface area contributed by atoms with Gasteiger partial charge in [-0.3, -0.25) is 9.59 Å². The van der Waals surface area contributed by atoms with Gasteiger partial charge in [-0.2, -0.15) is 0 Å². The Balaban J connectivity index is 1.23. The number of rotatable bonds is 3. The fourth-order valence-electron chi connectivity index (χ4n) is 5.29. The Morgan fingerprint density at radius 2 is 1.97 bits per heavy atom. The number of furan rings is 1. The number of aromatic nitrogens is 2. The van der Waals surface area contributed by atoms with E-state index in [1.54, 1.807) is 18.6 Å². The van der Waals surface area contributed by atoms with Gasteiger partial charge in [-0.05, 0) is 62.8 Å². The van der Waals surface area contributed by atoms with Crippen LogP contribution < -0.4 is 10.1 Å². The van der Waals surface area contributed by atoms with Crippen LogP contribution >= 0.6 is 0 Å². The first-order chi connectivity index (χ1) is 17.5. The Hall–Kier alpha value is -3.55. The van der Waals surface area contributed by atoms with Crippen LogP contribution in [0.2, 0.25) is 0 Å². The number of para-hydroxylation sites is 1. The number of hydrogen-bond donors (Lipinski definition) is 1. The van der Waals surface area contributed by atoms with Gasteiger partial charge in [-0.15, -0.1) is 0 Å². The molecule has 5 rings (SSSR count). The maximum Gasteiger partial charge on any atom is 0.289 e. The molecule has 190 valence electrons. The average molecular weight is 491 g/mol. The Labute approximate surface area is 211 Å². The van der Waals surface area contributed by atoms with E-state index in [1.807, 2.05) is 46.9 Å². The van der Waals surface area contributed by atoms with E-state index in [9.17, 15) is 9.59 Å². The molecule has 2 aromatic heterocycles. The van der Waals surface area contributed by atoms with Crippen molar-refractivity contribution in [2.75, 3.05) is 19.7 Å². The first-order valence-electron chi connectivity index (χ1n) is 12.9. The molecule has 0 unspecified atom stereocenters. The molecule has 0 bridgehead atoms. The predicted molar refractivity (Wildman–Crippen MR) is 135 cm³/mol. The van der Waals surface area contributed by atoms with Crippen LogP contribution in [-0.2, 0) is 17.8 Å². The number of carbonyl (C=O) groups is 2. The van der Waals surface area contributed by atoms with Gasteiger partial charge in [0, 0.05) is 25.5 Å². The maximum absolute atomic E-state index is 13.5. The largest absolute Gasteiger partial charge is 0.491 e. The summed E-state index contributed by atoms with van der Waals surface area (Å²) in [5.74, 6) is 1.93. The zero-order valence-electron chi connectivity index (χ0n) is 20.8. The van der Waals surface area contributed by atoms with Crippen LogP contribution in [-0.4, -0.2) is 52.0 Å². The van der Waals surface area contributed by atoms with Crippen LogP contribution in [0.3, 0.4) is 0 Å². The lowest BCUT2D eigenvalue weighted by Crippen LogP contribution is -2.52. The number of carbonyl (C=O) groups excluding carboxylic acids is 2. The summed E-state index contributed by atoms with van der Waals surface area (Å²) >= 11 is 0. The van der Waals surface area contributed by atoms with Crippen LogP contribution in [0.15, 0.2) is 59.5 Å². The molecule has 4 heterocycles. The Morgan fingerprint density at radius 3 is 2.78 bits per heavy atom. The molecule has 36 heavy (non-hydrogen) atoms. The SMILES string of the molecule is C[C@H]1COc2ccccc2CCCCC2(CCN(C(=O)c3ccc(Cn4ccnc4)o3)CC2)C(=O)N1. The summed E-state index contributed by atoms with van der Waals surface area (Å²) in [6, 6.07) is 11.6. The van der Waals surface area contributed by atoms with Gasteiger partial charge in [0.1, 0.15) is 18.1 Å². The standard InChI is InChI=1S/C28H34N4O4/c1-21-19-35-24-8-3-2-6-22(24)7-4-5-11-28(27(34)30-21)12-15-32(16-13-28)26(33)25-10-9-23(36-25)18-31-17-14-29-20-31/h2-3,6,8-10,14,17,20-21H,4-5,7,11-13,15-16,18-19H2,1H3,(H,30,34)/t21-/m0/s1. The molecular formula is C28H34N4O4. The third-order valence-corrected chi connectivity index (χ3v) is 7.45. The number of hydrogen-bond acceptors (Lipinski definition) is 5. The number of amides is 2. The highest BCUT2D eigenvalue weighted by molar-refractivity contribution is 5.92. The molecule has 2 aliphatic rings. The van der Waals surface area contributed by atoms with E-state index in [0.717, 1.165) is 31.4 Å². The maximum atomic E-state index is 13.5. The minimum absolute atomic E-state index is 0.0835. The number of aryl methyl sites for hydroxylation is 1. The number of nitrogens with one attached hydrogen (secondary N) is 1. The molecule has 0 radical (unpaired) electrons. The van der Waals surface area contributed by atoms with Crippen LogP contribution in [0.4, 0.5) is 0 Å². The molecular weight excluding hydrogens is 456 g/mol. The second kappa shape index (κ2) is 10.6. The zero-order chi connectivity index (χ0) is 25.0. The third kappa shape index (κ3) is 5.32. The van der Waals surface area contributed by atoms with Crippen molar-refractivity contribution in [1.29, 1.82) is 0 Å². The predicted octanol–water partition coefficient (Wildman–Crippen LogP) is 4.06. The fraction of sp³-hybridized carbons (Fsp3) is 0.464. The Bertz CT molecular complexity index is 1180. The summed E-state index contributed by atoms with van der Waals surface area (Å²) < 4.78 is 13.8. The van der Waals surface area contributed by atoms with Gasteiger partial charge in [0.15, 0.2) is 5.76 Å². The summed E-state index contributed by atoms with van der Waals surface area (Å²) in [6.07, 6.45) is 10.3. The summed E-state index contributed by atoms with van der Waals surface area (Å²) in [7, 11) is 0. The van der Waals surface area contributed by atoms with E-state index in [4.69, 9.17) is 9.15 Å². The third-order valence-electron chi connectivity index (χ3n) is 7.45. The molecule has 2 aliphatic heterocycles. The van der Waals surface area contributed by atoms with Gasteiger partial charge >= 0.3 is 0 Å². The first kappa shape index (κ1) is 24.2. The average Bonchev–Trinajstić information content (AvgIpc) is 3.58. The minimum Gasteiger partial charge on any atom is -0.491 e. The van der Waals surface area contributed by atoms with Gasteiger partial charge in [-0.25, -0.2) is 4.98 Å². The van der Waals surface area contributed by atoms with Crippen molar-refractivity contribution in [3.8, 4) is 5.75 Å². The van der Waals surface area contributed by atoms with Gasteiger partial charge in [0.05, 0.1) is 24.3 Å². The lowest BCUT2D eigenvalue weighted by atomic mass is 9.73. The molecule has 1 spiro atoms. The number of ether oxygens (including phenoxy) is 1. The topological polar surface area (TPSA) is 89.6 Å². The number of benzene rings is 1. The number of piperidine rings is 1. The number of nitrogens with zero attached hydrogens (tertiary/aromatic N) is 3. The van der Waals surface area contributed by atoms with Crippen molar-refractivity contribution in [1.82, 2.24) is 19.8 Å². The minimum atomic E-state index is -0.459. The van der Waals surface area contributed by atoms with E-state index >= 15 is 0 Å². The van der Waals surface area contributed by atoms with Crippen molar-refractivity contribution < 1.29 is 18.7 Å². The van der Waals surface area contributed by atoms with Crippen LogP contribution in [0.1, 0.15) is 60.9 Å². The number of fused-ring (bicyclic) bond motifs is 1. The summed E-state index contributed by atoms with van der Waals surface area (Å²) in [5.41, 5.74) is 0.761. The molecule has 0 saturated carbocycles. The van der Waals surface area contributed by atoms with Crippen molar-refractivity contribution in [3.63, 3.8) is 0 Å². The smallest absolute Gasteiger partial charge is 0.289 e. The molecule has 1 atom stereocenters. The van der Waals surface area contributed by atoms with Gasteiger partial charge in [0.25, 0.3) is 5.91 Å². The summed E-state index contributed by atoms with van der Waals surface area (Å²) in [4.78, 5) is 32.5. The highest BCUT2D eigenvalue weighted by Gasteiger charge is 2.42. The first-order valence-corrected chi connectivity index (χ1v) is 12.9. The van der Waals surface area contributed by atoms with Gasteiger partial charge in [0.2, 0.25) is 5.91 Å². The van der Waals surface area contributed by atoms with E-state index in [1.165, 1.54) is 5.56 Å². The van der Waals surface area contributed by atoms with Crippen molar-refractivity contribution in [3.05, 3.63) is 72.2 Å². The Kier molecular flexibility index (Phi) is 7.11.